The van der Waals surface area contributed by atoms with Crippen LogP contribution in [-0.2, 0) is 25.6 Å². The van der Waals surface area contributed by atoms with Gasteiger partial charge in [-0.05, 0) is 37.0 Å². The van der Waals surface area contributed by atoms with Crippen LogP contribution in [0, 0.1) is 5.92 Å². The number of hydrogen-bond acceptors (Lipinski definition) is 8. The van der Waals surface area contributed by atoms with Crippen molar-refractivity contribution in [1.82, 2.24) is 16.0 Å². The van der Waals surface area contributed by atoms with Gasteiger partial charge in [0, 0.05) is 0 Å². The number of aliphatic hydroxyl groups is 2. The number of phenolic OH excluding ortho intramolecular Hbond substituents is 1. The second-order valence-electron chi connectivity index (χ2n) is 8.02. The van der Waals surface area contributed by atoms with E-state index in [0.29, 0.717) is 5.56 Å². The number of hydrogen-bond donors (Lipinski definition) is 8. The molecule has 12 heteroatoms. The van der Waals surface area contributed by atoms with Crippen LogP contribution < -0.4 is 21.7 Å². The van der Waals surface area contributed by atoms with Gasteiger partial charge in [0.2, 0.25) is 17.7 Å². The van der Waals surface area contributed by atoms with Crippen LogP contribution in [-0.4, -0.2) is 81.0 Å². The van der Waals surface area contributed by atoms with Gasteiger partial charge in [0.1, 0.15) is 23.9 Å². The molecule has 12 nitrogen and oxygen atoms in total. The average molecular weight is 469 g/mol. The third-order valence-corrected chi connectivity index (χ3v) is 4.84. The number of nitrogens with two attached hydrogens (primary N) is 1. The van der Waals surface area contributed by atoms with Crippen LogP contribution >= 0.6 is 0 Å². The summed E-state index contributed by atoms with van der Waals surface area (Å²) >= 11 is 0. The predicted molar refractivity (Wildman–Crippen MR) is 117 cm³/mol. The molecule has 9 N–H and O–H groups in total. The number of carbonyl (C=O) groups is 4. The zero-order valence-electron chi connectivity index (χ0n) is 18.7. The molecule has 0 saturated carbocycles. The average Bonchev–Trinajstić information content (AvgIpc) is 2.74. The van der Waals surface area contributed by atoms with Gasteiger partial charge in [-0.25, -0.2) is 4.79 Å². The van der Waals surface area contributed by atoms with Gasteiger partial charge in [-0.2, -0.15) is 0 Å². The van der Waals surface area contributed by atoms with E-state index in [-0.39, 0.29) is 12.2 Å². The number of carboxylic acids is 1. The van der Waals surface area contributed by atoms with Gasteiger partial charge < -0.3 is 42.1 Å². The minimum Gasteiger partial charge on any atom is -0.508 e. The lowest BCUT2D eigenvalue weighted by Crippen LogP contribution is -2.61. The molecule has 1 aromatic carbocycles. The number of amides is 3. The van der Waals surface area contributed by atoms with Gasteiger partial charge in [-0.1, -0.05) is 26.0 Å². The van der Waals surface area contributed by atoms with Crippen LogP contribution in [0.2, 0.25) is 0 Å². The molecule has 0 bridgehead atoms. The van der Waals surface area contributed by atoms with Gasteiger partial charge in [0.25, 0.3) is 0 Å². The van der Waals surface area contributed by atoms with Crippen LogP contribution in [0.4, 0.5) is 0 Å². The first-order valence-electron chi connectivity index (χ1n) is 10.3. The van der Waals surface area contributed by atoms with Gasteiger partial charge in [-0.3, -0.25) is 14.4 Å². The van der Waals surface area contributed by atoms with E-state index in [1.165, 1.54) is 19.1 Å². The van der Waals surface area contributed by atoms with E-state index in [9.17, 15) is 29.4 Å². The number of aliphatic carboxylic acids is 1. The normalized spacial score (nSPS) is 15.6. The second kappa shape index (κ2) is 12.7. The molecular formula is C21H32N4O8. The minimum absolute atomic E-state index is 0.0682. The van der Waals surface area contributed by atoms with Crippen molar-refractivity contribution in [3.8, 4) is 5.75 Å². The van der Waals surface area contributed by atoms with Crippen LogP contribution in [0.3, 0.4) is 0 Å². The van der Waals surface area contributed by atoms with Gasteiger partial charge in [0.15, 0.2) is 0 Å². The van der Waals surface area contributed by atoms with E-state index in [4.69, 9.17) is 15.9 Å². The van der Waals surface area contributed by atoms with Crippen LogP contribution in [0.25, 0.3) is 0 Å². The van der Waals surface area contributed by atoms with Crippen molar-refractivity contribution in [3.05, 3.63) is 29.8 Å². The molecule has 184 valence electrons. The summed E-state index contributed by atoms with van der Waals surface area (Å²) in [6.45, 7) is 3.64. The zero-order chi connectivity index (χ0) is 25.3. The van der Waals surface area contributed by atoms with Gasteiger partial charge in [0.05, 0.1) is 18.8 Å². The molecule has 0 radical (unpaired) electrons. The molecule has 0 fully saturated rings. The number of carboxylic acid groups (broad SMARTS) is 1. The highest BCUT2D eigenvalue weighted by Crippen LogP contribution is 2.11. The Balaban J connectivity index is 2.86. The summed E-state index contributed by atoms with van der Waals surface area (Å²) < 4.78 is 0. The lowest BCUT2D eigenvalue weighted by molar-refractivity contribution is -0.144. The SMILES string of the molecule is CC(C)C(NC(=O)C(N)Cc1ccc(O)cc1)C(=O)NC(C(=O)NC(CO)C(=O)O)C(C)O. The fraction of sp³-hybridized carbons (Fsp3) is 0.524. The van der Waals surface area contributed by atoms with Crippen molar-refractivity contribution in [2.75, 3.05) is 6.61 Å². The molecule has 0 aromatic heterocycles. The van der Waals surface area contributed by atoms with E-state index >= 15 is 0 Å². The summed E-state index contributed by atoms with van der Waals surface area (Å²) in [6.07, 6.45) is -1.25. The maximum absolute atomic E-state index is 12.8. The molecule has 33 heavy (non-hydrogen) atoms. The van der Waals surface area contributed by atoms with Crippen molar-refractivity contribution < 1.29 is 39.6 Å². The molecule has 0 aliphatic rings. The first-order valence-corrected chi connectivity index (χ1v) is 10.3. The topological polar surface area (TPSA) is 211 Å². The van der Waals surface area contributed by atoms with Crippen molar-refractivity contribution in [2.24, 2.45) is 11.7 Å². The molecule has 1 aromatic rings. The molecule has 5 unspecified atom stereocenters. The number of benzene rings is 1. The van der Waals surface area contributed by atoms with Crippen molar-refractivity contribution in [2.45, 2.75) is 57.5 Å². The molecule has 0 aliphatic heterocycles. The smallest absolute Gasteiger partial charge is 0.328 e. The molecule has 5 atom stereocenters. The monoisotopic (exact) mass is 468 g/mol. The first kappa shape index (κ1) is 27.8. The fourth-order valence-corrected chi connectivity index (χ4v) is 2.87. The van der Waals surface area contributed by atoms with Gasteiger partial charge in [-0.15, -0.1) is 0 Å². The Kier molecular flexibility index (Phi) is 10.7. The van der Waals surface area contributed by atoms with Crippen molar-refractivity contribution >= 4 is 23.7 Å². The number of phenols is 1. The number of nitrogens with one attached hydrogen (secondary N) is 3. The lowest BCUT2D eigenvalue weighted by atomic mass is 10.0. The molecule has 1 rings (SSSR count). The van der Waals surface area contributed by atoms with Crippen molar-refractivity contribution in [1.29, 1.82) is 0 Å². The Hall–Kier alpha value is -3.22. The number of rotatable bonds is 12. The maximum Gasteiger partial charge on any atom is 0.328 e. The zero-order valence-corrected chi connectivity index (χ0v) is 18.7. The van der Waals surface area contributed by atoms with E-state index in [0.717, 1.165) is 0 Å². The Morgan fingerprint density at radius 2 is 1.42 bits per heavy atom. The minimum atomic E-state index is -1.62. The molecule has 0 aliphatic carbocycles. The molecule has 0 spiro atoms. The fourth-order valence-electron chi connectivity index (χ4n) is 2.87. The maximum atomic E-state index is 12.8. The summed E-state index contributed by atoms with van der Waals surface area (Å²) in [5.41, 5.74) is 6.64. The Morgan fingerprint density at radius 1 is 0.909 bits per heavy atom. The van der Waals surface area contributed by atoms with Crippen LogP contribution in [0.5, 0.6) is 5.75 Å². The summed E-state index contributed by atoms with van der Waals surface area (Å²) in [6, 6.07) is 0.874. The third kappa shape index (κ3) is 8.67. The summed E-state index contributed by atoms with van der Waals surface area (Å²) in [7, 11) is 0. The lowest BCUT2D eigenvalue weighted by Gasteiger charge is -2.28. The third-order valence-electron chi connectivity index (χ3n) is 4.84. The quantitative estimate of drug-likeness (QED) is 0.167. The number of carbonyl (C=O) groups excluding carboxylic acids is 3. The summed E-state index contributed by atoms with van der Waals surface area (Å²) in [4.78, 5) is 48.7. The van der Waals surface area contributed by atoms with E-state index in [1.807, 2.05) is 5.32 Å². The largest absolute Gasteiger partial charge is 0.508 e. The molecule has 3 amide bonds. The van der Waals surface area contributed by atoms with Crippen molar-refractivity contribution in [3.63, 3.8) is 0 Å². The van der Waals surface area contributed by atoms with E-state index in [2.05, 4.69) is 10.6 Å². The summed E-state index contributed by atoms with van der Waals surface area (Å²) in [5.74, 6) is -4.27. The number of aliphatic hydroxyl groups excluding tert-OH is 2. The van der Waals surface area contributed by atoms with E-state index < -0.39 is 66.5 Å². The Morgan fingerprint density at radius 3 is 1.88 bits per heavy atom. The standard InChI is InChI=1S/C21H32N4O8/c1-10(2)16(24-18(29)14(22)8-12-4-6-13(28)7-5-12)19(30)25-17(11(3)27)20(31)23-15(9-26)21(32)33/h4-7,10-11,14-17,26-28H,8-9,22H2,1-3H3,(H,23,31)(H,24,29)(H,25,30)(H,32,33). The first-order chi connectivity index (χ1) is 15.4. The summed E-state index contributed by atoms with van der Waals surface area (Å²) in [5, 5.41) is 44.1. The second-order valence-corrected chi connectivity index (χ2v) is 8.02. The van der Waals surface area contributed by atoms with Crippen LogP contribution in [0.1, 0.15) is 26.3 Å². The predicted octanol–water partition coefficient (Wildman–Crippen LogP) is -2.17. The highest BCUT2D eigenvalue weighted by atomic mass is 16.4. The molecule has 0 saturated heterocycles. The Bertz CT molecular complexity index is 828. The number of aromatic hydroxyl groups is 1. The highest BCUT2D eigenvalue weighted by molar-refractivity contribution is 5.94. The molecular weight excluding hydrogens is 436 g/mol. The van der Waals surface area contributed by atoms with Crippen LogP contribution in [0.15, 0.2) is 24.3 Å². The van der Waals surface area contributed by atoms with Gasteiger partial charge >= 0.3 is 5.97 Å². The Labute approximate surface area is 191 Å². The molecule has 0 heterocycles. The van der Waals surface area contributed by atoms with E-state index in [1.54, 1.807) is 26.0 Å². The highest BCUT2D eigenvalue weighted by Gasteiger charge is 2.33.